The molecule has 1 aliphatic heterocycles. The Kier molecular flexibility index (Phi) is 6.73. The van der Waals surface area contributed by atoms with Crippen LogP contribution >= 0.6 is 22.9 Å². The monoisotopic (exact) mass is 513 g/mol. The third-order valence-corrected chi connectivity index (χ3v) is 7.52. The predicted octanol–water partition coefficient (Wildman–Crippen LogP) is 4.78. The van der Waals surface area contributed by atoms with Crippen LogP contribution in [-0.4, -0.2) is 64.5 Å². The van der Waals surface area contributed by atoms with Crippen LogP contribution in [0.2, 0.25) is 5.02 Å². The van der Waals surface area contributed by atoms with Gasteiger partial charge in [0.2, 0.25) is 10.8 Å². The highest BCUT2D eigenvalue weighted by Crippen LogP contribution is 2.42. The van der Waals surface area contributed by atoms with Gasteiger partial charge in [-0.05, 0) is 49.7 Å². The molecule has 184 valence electrons. The minimum atomic E-state index is -0.185. The number of anilines is 1. The highest BCUT2D eigenvalue weighted by molar-refractivity contribution is 7.17. The standard InChI is InChI=1S/C25H28ClN5O3S/c1-4-34-20-9-8-17(14-21(20)33-3)22(23-24(32)31-25(35-23)27-16(2)28-31)30-12-10-29(11-13-30)19-7-5-6-18(26)15-19/h5-9,14-15,22,32H,4,10-13H2,1-3H3. The number of halogens is 1. The topological polar surface area (TPSA) is 75.4 Å². The number of nitrogens with zero attached hydrogens (tertiary/aromatic N) is 5. The molecular weight excluding hydrogens is 486 g/mol. The maximum absolute atomic E-state index is 11.2. The Morgan fingerprint density at radius 3 is 2.60 bits per heavy atom. The number of aryl methyl sites for hydroxylation is 1. The molecule has 1 unspecified atom stereocenters. The van der Waals surface area contributed by atoms with Gasteiger partial charge < -0.3 is 19.5 Å². The second kappa shape index (κ2) is 9.93. The first-order chi connectivity index (χ1) is 17.0. The van der Waals surface area contributed by atoms with Gasteiger partial charge in [-0.3, -0.25) is 4.90 Å². The van der Waals surface area contributed by atoms with E-state index in [1.807, 2.05) is 50.2 Å². The molecule has 5 rings (SSSR count). The van der Waals surface area contributed by atoms with Crippen LogP contribution in [0.4, 0.5) is 5.69 Å². The number of fused-ring (bicyclic) bond motifs is 1. The van der Waals surface area contributed by atoms with Crippen LogP contribution in [0.25, 0.3) is 4.96 Å². The van der Waals surface area contributed by atoms with E-state index in [1.165, 1.54) is 15.9 Å². The van der Waals surface area contributed by atoms with Crippen molar-refractivity contribution in [3.63, 3.8) is 0 Å². The molecule has 3 heterocycles. The van der Waals surface area contributed by atoms with Gasteiger partial charge in [-0.1, -0.05) is 35.1 Å². The Labute approximate surface area is 213 Å². The third kappa shape index (κ3) is 4.63. The van der Waals surface area contributed by atoms with Gasteiger partial charge >= 0.3 is 0 Å². The van der Waals surface area contributed by atoms with E-state index < -0.39 is 0 Å². The molecule has 0 amide bonds. The minimum Gasteiger partial charge on any atom is -0.493 e. The first kappa shape index (κ1) is 23.7. The second-order valence-electron chi connectivity index (χ2n) is 8.39. The first-order valence-corrected chi connectivity index (χ1v) is 12.8. The van der Waals surface area contributed by atoms with Crippen molar-refractivity contribution in [1.82, 2.24) is 19.5 Å². The average molecular weight is 514 g/mol. The van der Waals surface area contributed by atoms with Crippen molar-refractivity contribution in [2.45, 2.75) is 19.9 Å². The van der Waals surface area contributed by atoms with Gasteiger partial charge in [-0.15, -0.1) is 5.10 Å². The van der Waals surface area contributed by atoms with Gasteiger partial charge in [0.15, 0.2) is 11.5 Å². The van der Waals surface area contributed by atoms with Crippen molar-refractivity contribution in [2.75, 3.05) is 44.8 Å². The Morgan fingerprint density at radius 1 is 1.11 bits per heavy atom. The smallest absolute Gasteiger partial charge is 0.230 e. The molecule has 0 bridgehead atoms. The Balaban J connectivity index is 1.50. The van der Waals surface area contributed by atoms with Gasteiger partial charge in [0.05, 0.1) is 24.6 Å². The van der Waals surface area contributed by atoms with Crippen molar-refractivity contribution < 1.29 is 14.6 Å². The number of aromatic nitrogens is 3. The van der Waals surface area contributed by atoms with Gasteiger partial charge in [0.1, 0.15) is 5.82 Å². The molecule has 0 radical (unpaired) electrons. The van der Waals surface area contributed by atoms with Gasteiger partial charge in [-0.25, -0.2) is 4.98 Å². The molecule has 8 nitrogen and oxygen atoms in total. The van der Waals surface area contributed by atoms with Crippen molar-refractivity contribution >= 4 is 33.6 Å². The molecule has 0 spiro atoms. The number of hydrogen-bond donors (Lipinski definition) is 1. The normalized spacial score (nSPS) is 15.5. The quantitative estimate of drug-likeness (QED) is 0.381. The summed E-state index contributed by atoms with van der Waals surface area (Å²) in [4.78, 5) is 10.7. The number of thiazole rings is 1. The van der Waals surface area contributed by atoms with Crippen molar-refractivity contribution in [3.8, 4) is 17.4 Å². The van der Waals surface area contributed by atoms with E-state index in [0.29, 0.717) is 28.9 Å². The van der Waals surface area contributed by atoms with Crippen LogP contribution in [0.1, 0.15) is 29.2 Å². The van der Waals surface area contributed by atoms with E-state index in [4.69, 9.17) is 21.1 Å². The zero-order valence-corrected chi connectivity index (χ0v) is 21.5. The molecular formula is C25H28ClN5O3S. The Hall–Kier alpha value is -3.01. The molecule has 1 aliphatic rings. The SMILES string of the molecule is CCOc1ccc(C(c2sc3nc(C)nn3c2O)N2CCN(c3cccc(Cl)c3)CC2)cc1OC. The molecule has 1 atom stereocenters. The van der Waals surface area contributed by atoms with Crippen molar-refractivity contribution in [3.05, 3.63) is 63.8 Å². The number of aromatic hydroxyl groups is 1. The highest BCUT2D eigenvalue weighted by atomic mass is 35.5. The summed E-state index contributed by atoms with van der Waals surface area (Å²) in [5.74, 6) is 2.13. The number of ether oxygens (including phenoxy) is 2. The van der Waals surface area contributed by atoms with Crippen molar-refractivity contribution in [1.29, 1.82) is 0 Å². The fourth-order valence-corrected chi connectivity index (χ4v) is 5.94. The van der Waals surface area contributed by atoms with Gasteiger partial charge in [0.25, 0.3) is 0 Å². The summed E-state index contributed by atoms with van der Waals surface area (Å²) in [6.07, 6.45) is 0. The van der Waals surface area contributed by atoms with Crippen LogP contribution in [0.15, 0.2) is 42.5 Å². The van der Waals surface area contributed by atoms with E-state index in [9.17, 15) is 5.11 Å². The Morgan fingerprint density at radius 2 is 1.91 bits per heavy atom. The molecule has 0 aliphatic carbocycles. The van der Waals surface area contributed by atoms with Crippen molar-refractivity contribution in [2.24, 2.45) is 0 Å². The lowest BCUT2D eigenvalue weighted by molar-refractivity contribution is 0.210. The van der Waals surface area contributed by atoms with Gasteiger partial charge in [0, 0.05) is 36.9 Å². The lowest BCUT2D eigenvalue weighted by atomic mass is 10.0. The summed E-state index contributed by atoms with van der Waals surface area (Å²) in [6, 6.07) is 13.8. The molecule has 1 fully saturated rings. The largest absolute Gasteiger partial charge is 0.493 e. The van der Waals surface area contributed by atoms with Crippen LogP contribution in [0.3, 0.4) is 0 Å². The summed E-state index contributed by atoms with van der Waals surface area (Å²) in [5.41, 5.74) is 2.13. The van der Waals surface area contributed by atoms with E-state index in [-0.39, 0.29) is 11.9 Å². The fourth-order valence-electron chi connectivity index (χ4n) is 4.59. The highest BCUT2D eigenvalue weighted by Gasteiger charge is 2.32. The van der Waals surface area contributed by atoms with E-state index in [1.54, 1.807) is 7.11 Å². The molecule has 4 aromatic rings. The molecule has 10 heteroatoms. The molecule has 2 aromatic heterocycles. The number of rotatable bonds is 7. The first-order valence-electron chi connectivity index (χ1n) is 11.6. The third-order valence-electron chi connectivity index (χ3n) is 6.21. The van der Waals surface area contributed by atoms with Crippen LogP contribution in [-0.2, 0) is 0 Å². The molecule has 0 saturated carbocycles. The predicted molar refractivity (Wildman–Crippen MR) is 139 cm³/mol. The van der Waals surface area contributed by atoms with Crippen LogP contribution in [0, 0.1) is 6.92 Å². The summed E-state index contributed by atoms with van der Waals surface area (Å²) in [5, 5.41) is 16.3. The minimum absolute atomic E-state index is 0.126. The van der Waals surface area contributed by atoms with E-state index >= 15 is 0 Å². The molecule has 2 aromatic carbocycles. The second-order valence-corrected chi connectivity index (χ2v) is 9.84. The maximum Gasteiger partial charge on any atom is 0.230 e. The van der Waals surface area contributed by atoms with E-state index in [0.717, 1.165) is 47.3 Å². The average Bonchev–Trinajstić information content (AvgIpc) is 3.37. The lowest BCUT2D eigenvalue weighted by Crippen LogP contribution is -2.47. The number of piperazine rings is 1. The Bertz CT molecular complexity index is 1330. The summed E-state index contributed by atoms with van der Waals surface area (Å²) >= 11 is 7.69. The molecule has 1 saturated heterocycles. The zero-order chi connectivity index (χ0) is 24.5. The molecule has 35 heavy (non-hydrogen) atoms. The number of methoxy groups -OCH3 is 1. The van der Waals surface area contributed by atoms with Crippen LogP contribution in [0.5, 0.6) is 17.4 Å². The maximum atomic E-state index is 11.2. The zero-order valence-electron chi connectivity index (χ0n) is 19.9. The number of benzene rings is 2. The summed E-state index contributed by atoms with van der Waals surface area (Å²) in [7, 11) is 1.64. The summed E-state index contributed by atoms with van der Waals surface area (Å²) < 4.78 is 12.9. The number of hydrogen-bond acceptors (Lipinski definition) is 8. The van der Waals surface area contributed by atoms with Gasteiger partial charge in [-0.2, -0.15) is 4.52 Å². The van der Waals surface area contributed by atoms with E-state index in [2.05, 4.69) is 25.9 Å². The van der Waals surface area contributed by atoms with Crippen LogP contribution < -0.4 is 14.4 Å². The summed E-state index contributed by atoms with van der Waals surface area (Å²) in [6.45, 7) is 7.61. The fraction of sp³-hybridized carbons (Fsp3) is 0.360. The lowest BCUT2D eigenvalue weighted by Gasteiger charge is -2.40. The molecule has 1 N–H and O–H groups in total.